The van der Waals surface area contributed by atoms with Gasteiger partial charge in [-0.3, -0.25) is 9.80 Å². The van der Waals surface area contributed by atoms with E-state index >= 15 is 0 Å². The van der Waals surface area contributed by atoms with Gasteiger partial charge in [0.25, 0.3) is 0 Å². The highest BCUT2D eigenvalue weighted by atomic mass is 15.3. The summed E-state index contributed by atoms with van der Waals surface area (Å²) in [6.07, 6.45) is 11.5. The summed E-state index contributed by atoms with van der Waals surface area (Å²) in [6.45, 7) is 7.67. The van der Waals surface area contributed by atoms with Crippen molar-refractivity contribution in [3.8, 4) is 0 Å². The second-order valence-corrected chi connectivity index (χ2v) is 7.91. The maximum absolute atomic E-state index is 3.93. The summed E-state index contributed by atoms with van der Waals surface area (Å²) in [5.41, 5.74) is 0.470. The van der Waals surface area contributed by atoms with Crippen molar-refractivity contribution in [1.29, 1.82) is 0 Å². The first-order chi connectivity index (χ1) is 9.76. The van der Waals surface area contributed by atoms with Crippen LogP contribution < -0.4 is 5.32 Å². The van der Waals surface area contributed by atoms with E-state index < -0.39 is 0 Å². The molecule has 2 saturated heterocycles. The molecule has 1 N–H and O–H groups in total. The minimum atomic E-state index is 0.470. The van der Waals surface area contributed by atoms with Gasteiger partial charge in [0, 0.05) is 49.8 Å². The first-order valence-electron chi connectivity index (χ1n) is 9.01. The quantitative estimate of drug-likeness (QED) is 0.835. The van der Waals surface area contributed by atoms with Crippen LogP contribution in [0.3, 0.4) is 0 Å². The molecule has 4 aliphatic rings. The standard InChI is InChI=1S/C17H31N3/c1-14-11-18-17(8-3-2-4-9-17)13-20(14)16-7-10-19(12-16)15-5-6-15/h14-16,18H,2-13H2,1H3. The zero-order valence-electron chi connectivity index (χ0n) is 13.1. The molecule has 20 heavy (non-hydrogen) atoms. The van der Waals surface area contributed by atoms with Crippen molar-refractivity contribution in [1.82, 2.24) is 15.1 Å². The van der Waals surface area contributed by atoms with Crippen LogP contribution in [0, 0.1) is 0 Å². The Morgan fingerprint density at radius 3 is 2.55 bits per heavy atom. The van der Waals surface area contributed by atoms with E-state index in [1.54, 1.807) is 0 Å². The Bertz CT molecular complexity index is 346. The number of piperazine rings is 1. The Kier molecular flexibility index (Phi) is 3.56. The number of hydrogen-bond acceptors (Lipinski definition) is 3. The van der Waals surface area contributed by atoms with E-state index in [2.05, 4.69) is 22.0 Å². The van der Waals surface area contributed by atoms with Gasteiger partial charge >= 0.3 is 0 Å². The van der Waals surface area contributed by atoms with E-state index in [1.807, 2.05) is 0 Å². The average molecular weight is 277 g/mol. The van der Waals surface area contributed by atoms with Crippen molar-refractivity contribution in [3.05, 3.63) is 0 Å². The van der Waals surface area contributed by atoms with Gasteiger partial charge in [-0.25, -0.2) is 0 Å². The van der Waals surface area contributed by atoms with E-state index in [0.29, 0.717) is 5.54 Å². The highest BCUT2D eigenvalue weighted by molar-refractivity contribution is 5.02. The number of nitrogens with zero attached hydrogens (tertiary/aromatic N) is 2. The highest BCUT2D eigenvalue weighted by Gasteiger charge is 2.43. The molecule has 0 bridgehead atoms. The summed E-state index contributed by atoms with van der Waals surface area (Å²) in [5, 5.41) is 3.93. The van der Waals surface area contributed by atoms with Crippen LogP contribution in [0.25, 0.3) is 0 Å². The first-order valence-corrected chi connectivity index (χ1v) is 9.01. The number of likely N-dealkylation sites (tertiary alicyclic amines) is 1. The van der Waals surface area contributed by atoms with Crippen molar-refractivity contribution in [3.63, 3.8) is 0 Å². The van der Waals surface area contributed by atoms with Gasteiger partial charge in [-0.1, -0.05) is 19.3 Å². The van der Waals surface area contributed by atoms with Gasteiger partial charge in [0.15, 0.2) is 0 Å². The second kappa shape index (κ2) is 5.26. The molecule has 2 aliphatic carbocycles. The van der Waals surface area contributed by atoms with Crippen LogP contribution in [0.5, 0.6) is 0 Å². The van der Waals surface area contributed by atoms with Gasteiger partial charge in [-0.15, -0.1) is 0 Å². The van der Waals surface area contributed by atoms with Crippen LogP contribution in [0.15, 0.2) is 0 Å². The van der Waals surface area contributed by atoms with Gasteiger partial charge in [-0.05, 0) is 39.0 Å². The van der Waals surface area contributed by atoms with E-state index in [9.17, 15) is 0 Å². The van der Waals surface area contributed by atoms with Gasteiger partial charge in [0.2, 0.25) is 0 Å². The van der Waals surface area contributed by atoms with Crippen LogP contribution in [-0.2, 0) is 0 Å². The molecule has 0 radical (unpaired) electrons. The number of nitrogens with one attached hydrogen (secondary N) is 1. The predicted octanol–water partition coefficient (Wildman–Crippen LogP) is 2.22. The summed E-state index contributed by atoms with van der Waals surface area (Å²) in [4.78, 5) is 5.65. The fourth-order valence-corrected chi connectivity index (χ4v) is 4.91. The maximum atomic E-state index is 3.93. The molecule has 3 heteroatoms. The molecule has 2 atom stereocenters. The van der Waals surface area contributed by atoms with Crippen molar-refractivity contribution in [2.24, 2.45) is 0 Å². The molecule has 2 aliphatic heterocycles. The molecule has 2 saturated carbocycles. The molecular formula is C17H31N3. The smallest absolute Gasteiger partial charge is 0.0309 e. The number of rotatable bonds is 2. The zero-order chi connectivity index (χ0) is 13.6. The topological polar surface area (TPSA) is 18.5 Å². The van der Waals surface area contributed by atoms with E-state index in [0.717, 1.165) is 18.1 Å². The van der Waals surface area contributed by atoms with E-state index in [-0.39, 0.29) is 0 Å². The summed E-state index contributed by atoms with van der Waals surface area (Å²) in [5.74, 6) is 0. The molecule has 0 aromatic rings. The third-order valence-corrected chi connectivity index (χ3v) is 6.36. The molecule has 4 fully saturated rings. The van der Waals surface area contributed by atoms with Gasteiger partial charge < -0.3 is 5.32 Å². The summed E-state index contributed by atoms with van der Waals surface area (Å²) < 4.78 is 0. The fourth-order valence-electron chi connectivity index (χ4n) is 4.91. The monoisotopic (exact) mass is 277 g/mol. The average Bonchev–Trinajstić information content (AvgIpc) is 3.21. The van der Waals surface area contributed by atoms with Crippen molar-refractivity contribution in [2.75, 3.05) is 26.2 Å². The zero-order valence-corrected chi connectivity index (χ0v) is 13.1. The lowest BCUT2D eigenvalue weighted by atomic mass is 9.79. The summed E-state index contributed by atoms with van der Waals surface area (Å²) in [6, 6.07) is 2.53. The van der Waals surface area contributed by atoms with Crippen LogP contribution in [0.2, 0.25) is 0 Å². The van der Waals surface area contributed by atoms with Crippen molar-refractivity contribution < 1.29 is 0 Å². The van der Waals surface area contributed by atoms with Crippen LogP contribution in [0.1, 0.15) is 58.3 Å². The largest absolute Gasteiger partial charge is 0.308 e. The number of hydrogen-bond donors (Lipinski definition) is 1. The predicted molar refractivity (Wildman–Crippen MR) is 83.0 cm³/mol. The van der Waals surface area contributed by atoms with Crippen LogP contribution in [0.4, 0.5) is 0 Å². The molecule has 0 amide bonds. The Balaban J connectivity index is 1.42. The van der Waals surface area contributed by atoms with Crippen LogP contribution >= 0.6 is 0 Å². The lowest BCUT2D eigenvalue weighted by molar-refractivity contribution is 0.0330. The molecule has 4 rings (SSSR count). The minimum Gasteiger partial charge on any atom is -0.308 e. The van der Waals surface area contributed by atoms with E-state index in [1.165, 1.54) is 77.5 Å². The molecule has 2 unspecified atom stereocenters. The minimum absolute atomic E-state index is 0.470. The normalized spacial score (nSPS) is 39.5. The lowest BCUT2D eigenvalue weighted by Crippen LogP contribution is -2.66. The van der Waals surface area contributed by atoms with Crippen molar-refractivity contribution >= 4 is 0 Å². The summed E-state index contributed by atoms with van der Waals surface area (Å²) in [7, 11) is 0. The van der Waals surface area contributed by atoms with Crippen molar-refractivity contribution in [2.45, 2.75) is 82.0 Å². The Labute approximate surface area is 124 Å². The lowest BCUT2D eigenvalue weighted by Gasteiger charge is -2.51. The molecule has 3 nitrogen and oxygen atoms in total. The first kappa shape index (κ1) is 13.5. The fraction of sp³-hybridized carbons (Fsp3) is 1.00. The molecule has 0 aromatic heterocycles. The Morgan fingerprint density at radius 1 is 1.00 bits per heavy atom. The summed E-state index contributed by atoms with van der Waals surface area (Å²) >= 11 is 0. The molecule has 114 valence electrons. The third-order valence-electron chi connectivity index (χ3n) is 6.36. The maximum Gasteiger partial charge on any atom is 0.0309 e. The third kappa shape index (κ3) is 2.53. The van der Waals surface area contributed by atoms with Gasteiger partial charge in [0.05, 0.1) is 0 Å². The molecular weight excluding hydrogens is 246 g/mol. The Morgan fingerprint density at radius 2 is 1.80 bits per heavy atom. The van der Waals surface area contributed by atoms with E-state index in [4.69, 9.17) is 0 Å². The highest BCUT2D eigenvalue weighted by Crippen LogP contribution is 2.36. The molecule has 2 heterocycles. The van der Waals surface area contributed by atoms with Crippen LogP contribution in [-0.4, -0.2) is 59.6 Å². The SMILES string of the molecule is CC1CNC2(CCCCC2)CN1C1CCN(C2CC2)C1. The molecule has 1 spiro atoms. The van der Waals surface area contributed by atoms with Gasteiger partial charge in [0.1, 0.15) is 0 Å². The second-order valence-electron chi connectivity index (χ2n) is 7.91. The Hall–Kier alpha value is -0.120. The van der Waals surface area contributed by atoms with Gasteiger partial charge in [-0.2, -0.15) is 0 Å². The molecule has 0 aromatic carbocycles.